The second-order valence-electron chi connectivity index (χ2n) is 9.14. The molecule has 1 aliphatic heterocycles. The standard InChI is InChI=1S/C25H28N4O2/c1-15(2)16-6-8-17(9-7-16)18-12-19-20(21(30)13-18)14-26-23-22(19)24(31)28-25(27-23)29-10-4-3-5-11-29/h6-9,14-15,18H,3-5,10-13H2,1-2H3,(H,26,27,28,31)/t18-/m1/s1. The highest BCUT2D eigenvalue weighted by Crippen LogP contribution is 2.35. The van der Waals surface area contributed by atoms with Crippen LogP contribution in [-0.2, 0) is 6.42 Å². The molecule has 1 N–H and O–H groups in total. The zero-order chi connectivity index (χ0) is 21.5. The fraction of sp³-hybridized carbons (Fsp3) is 0.440. The van der Waals surface area contributed by atoms with Crippen LogP contribution in [0.5, 0.6) is 0 Å². The Kier molecular flexibility index (Phi) is 5.08. The maximum Gasteiger partial charge on any atom is 0.262 e. The highest BCUT2D eigenvalue weighted by atomic mass is 16.1. The number of hydrogen-bond acceptors (Lipinski definition) is 5. The average Bonchev–Trinajstić information content (AvgIpc) is 2.79. The molecule has 1 atom stereocenters. The number of Topliss-reactive ketones (excluding diaryl/α,β-unsaturated/α-hetero) is 1. The molecule has 2 aliphatic rings. The maximum atomic E-state index is 13.1. The van der Waals surface area contributed by atoms with E-state index in [2.05, 4.69) is 58.0 Å². The Hall–Kier alpha value is -3.02. The zero-order valence-corrected chi connectivity index (χ0v) is 18.1. The van der Waals surface area contributed by atoms with Gasteiger partial charge in [-0.15, -0.1) is 0 Å². The van der Waals surface area contributed by atoms with Crippen LogP contribution in [0.15, 0.2) is 35.3 Å². The molecule has 0 spiro atoms. The molecule has 31 heavy (non-hydrogen) atoms. The highest BCUT2D eigenvalue weighted by Gasteiger charge is 2.30. The van der Waals surface area contributed by atoms with Crippen LogP contribution in [0.2, 0.25) is 0 Å². The molecule has 0 amide bonds. The average molecular weight is 417 g/mol. The molecule has 1 fully saturated rings. The van der Waals surface area contributed by atoms with Crippen LogP contribution in [0.25, 0.3) is 11.0 Å². The first-order valence-electron chi connectivity index (χ1n) is 11.3. The molecule has 160 valence electrons. The lowest BCUT2D eigenvalue weighted by Gasteiger charge is -2.28. The Bertz CT molecular complexity index is 1190. The van der Waals surface area contributed by atoms with Crippen molar-refractivity contribution in [1.82, 2.24) is 15.0 Å². The van der Waals surface area contributed by atoms with Crippen LogP contribution in [-0.4, -0.2) is 33.8 Å². The SMILES string of the molecule is CC(C)c1ccc([C@H]2CC(=O)c3cnc4nc(N5CCCCC5)[nH]c(=O)c4c3C2)cc1. The maximum absolute atomic E-state index is 13.1. The number of benzene rings is 1. The van der Waals surface area contributed by atoms with Crippen LogP contribution in [0, 0.1) is 0 Å². The topological polar surface area (TPSA) is 79.0 Å². The Morgan fingerprint density at radius 3 is 2.48 bits per heavy atom. The monoisotopic (exact) mass is 416 g/mol. The Balaban J connectivity index is 1.54. The minimum atomic E-state index is -0.196. The molecule has 1 aromatic carbocycles. The number of carbonyl (C=O) groups is 1. The molecule has 5 rings (SSSR count). The molecule has 1 saturated heterocycles. The Labute approximate surface area is 181 Å². The van der Waals surface area contributed by atoms with Crippen molar-refractivity contribution in [2.75, 3.05) is 18.0 Å². The summed E-state index contributed by atoms with van der Waals surface area (Å²) < 4.78 is 0. The van der Waals surface area contributed by atoms with E-state index in [4.69, 9.17) is 0 Å². The van der Waals surface area contributed by atoms with Crippen molar-refractivity contribution >= 4 is 22.8 Å². The Morgan fingerprint density at radius 2 is 1.77 bits per heavy atom. The summed E-state index contributed by atoms with van der Waals surface area (Å²) in [6.45, 7) is 6.14. The first-order chi connectivity index (χ1) is 15.0. The smallest absolute Gasteiger partial charge is 0.262 e. The molecule has 2 aromatic heterocycles. The van der Waals surface area contributed by atoms with Crippen LogP contribution >= 0.6 is 0 Å². The third-order valence-corrected chi connectivity index (χ3v) is 6.74. The van der Waals surface area contributed by atoms with Gasteiger partial charge in [-0.25, -0.2) is 4.98 Å². The Morgan fingerprint density at radius 1 is 1.03 bits per heavy atom. The van der Waals surface area contributed by atoms with Crippen molar-refractivity contribution in [2.45, 2.75) is 57.8 Å². The van der Waals surface area contributed by atoms with E-state index in [1.807, 2.05) is 0 Å². The first kappa shape index (κ1) is 19.9. The van der Waals surface area contributed by atoms with Crippen molar-refractivity contribution in [3.8, 4) is 0 Å². The van der Waals surface area contributed by atoms with E-state index < -0.39 is 0 Å². The van der Waals surface area contributed by atoms with E-state index in [-0.39, 0.29) is 17.3 Å². The molecular formula is C25H28N4O2. The van der Waals surface area contributed by atoms with Gasteiger partial charge in [0.25, 0.3) is 5.56 Å². The molecule has 0 bridgehead atoms. The number of anilines is 1. The fourth-order valence-electron chi connectivity index (χ4n) is 4.90. The van der Waals surface area contributed by atoms with E-state index >= 15 is 0 Å². The second-order valence-corrected chi connectivity index (χ2v) is 9.14. The van der Waals surface area contributed by atoms with Crippen LogP contribution in [0.3, 0.4) is 0 Å². The van der Waals surface area contributed by atoms with Crippen molar-refractivity contribution < 1.29 is 4.79 Å². The normalized spacial score (nSPS) is 19.1. The lowest BCUT2D eigenvalue weighted by atomic mass is 9.79. The van der Waals surface area contributed by atoms with Gasteiger partial charge in [-0.3, -0.25) is 14.6 Å². The number of pyridine rings is 1. The molecule has 0 radical (unpaired) electrons. The summed E-state index contributed by atoms with van der Waals surface area (Å²) in [7, 11) is 0. The molecule has 3 heterocycles. The van der Waals surface area contributed by atoms with Crippen molar-refractivity contribution in [3.05, 3.63) is 63.1 Å². The van der Waals surface area contributed by atoms with Gasteiger partial charge < -0.3 is 4.90 Å². The minimum Gasteiger partial charge on any atom is -0.342 e. The number of aromatic nitrogens is 3. The third kappa shape index (κ3) is 3.64. The summed E-state index contributed by atoms with van der Waals surface area (Å²) in [6.07, 6.45) is 6.12. The number of carbonyl (C=O) groups excluding carboxylic acids is 1. The van der Waals surface area contributed by atoms with Gasteiger partial charge in [-0.1, -0.05) is 38.1 Å². The fourth-order valence-corrected chi connectivity index (χ4v) is 4.90. The van der Waals surface area contributed by atoms with Gasteiger partial charge in [0.2, 0.25) is 5.95 Å². The summed E-state index contributed by atoms with van der Waals surface area (Å²) in [6, 6.07) is 8.53. The number of fused-ring (bicyclic) bond motifs is 3. The van der Waals surface area contributed by atoms with Gasteiger partial charge in [-0.05, 0) is 54.2 Å². The number of piperidine rings is 1. The largest absolute Gasteiger partial charge is 0.342 e. The molecule has 3 aromatic rings. The van der Waals surface area contributed by atoms with Crippen LogP contribution in [0.1, 0.15) is 78.4 Å². The van der Waals surface area contributed by atoms with E-state index in [0.29, 0.717) is 41.3 Å². The lowest BCUT2D eigenvalue weighted by Crippen LogP contribution is -2.33. The van der Waals surface area contributed by atoms with E-state index in [9.17, 15) is 9.59 Å². The molecule has 0 saturated carbocycles. The number of aromatic amines is 1. The summed E-state index contributed by atoms with van der Waals surface area (Å²) in [5, 5.41) is 0.468. The second kappa shape index (κ2) is 7.91. The van der Waals surface area contributed by atoms with E-state index in [1.54, 1.807) is 6.20 Å². The third-order valence-electron chi connectivity index (χ3n) is 6.74. The van der Waals surface area contributed by atoms with Gasteiger partial charge >= 0.3 is 0 Å². The van der Waals surface area contributed by atoms with Gasteiger partial charge in [0.1, 0.15) is 0 Å². The molecule has 1 aliphatic carbocycles. The lowest BCUT2D eigenvalue weighted by molar-refractivity contribution is 0.0964. The predicted octanol–water partition coefficient (Wildman–Crippen LogP) is 4.34. The van der Waals surface area contributed by atoms with Gasteiger partial charge in [0, 0.05) is 31.3 Å². The molecule has 0 unspecified atom stereocenters. The number of H-pyrrole nitrogens is 1. The van der Waals surface area contributed by atoms with Crippen LogP contribution < -0.4 is 10.5 Å². The van der Waals surface area contributed by atoms with Gasteiger partial charge in [-0.2, -0.15) is 4.98 Å². The van der Waals surface area contributed by atoms with Crippen molar-refractivity contribution in [3.63, 3.8) is 0 Å². The predicted molar refractivity (Wildman–Crippen MR) is 122 cm³/mol. The van der Waals surface area contributed by atoms with E-state index in [0.717, 1.165) is 37.1 Å². The van der Waals surface area contributed by atoms with Crippen LogP contribution in [0.4, 0.5) is 5.95 Å². The van der Waals surface area contributed by atoms with Crippen molar-refractivity contribution in [2.24, 2.45) is 0 Å². The summed E-state index contributed by atoms with van der Waals surface area (Å²) in [5.41, 5.74) is 4.03. The number of nitrogens with zero attached hydrogens (tertiary/aromatic N) is 3. The summed E-state index contributed by atoms with van der Waals surface area (Å²) in [5.74, 6) is 1.17. The first-order valence-corrected chi connectivity index (χ1v) is 11.3. The molecule has 6 heteroatoms. The van der Waals surface area contributed by atoms with Crippen molar-refractivity contribution in [1.29, 1.82) is 0 Å². The number of ketones is 1. The summed E-state index contributed by atoms with van der Waals surface area (Å²) in [4.78, 5) is 40.2. The van der Waals surface area contributed by atoms with Gasteiger partial charge in [0.15, 0.2) is 11.4 Å². The molecule has 6 nitrogen and oxygen atoms in total. The summed E-state index contributed by atoms with van der Waals surface area (Å²) >= 11 is 0. The quantitative estimate of drug-likeness (QED) is 0.687. The minimum absolute atomic E-state index is 0.0492. The molecular weight excluding hydrogens is 388 g/mol. The highest BCUT2D eigenvalue weighted by molar-refractivity contribution is 6.02. The van der Waals surface area contributed by atoms with Gasteiger partial charge in [0.05, 0.1) is 5.39 Å². The number of rotatable bonds is 3. The zero-order valence-electron chi connectivity index (χ0n) is 18.1. The van der Waals surface area contributed by atoms with E-state index in [1.165, 1.54) is 12.0 Å². The number of hydrogen-bond donors (Lipinski definition) is 1. The number of nitrogens with one attached hydrogen (secondary N) is 1.